The Bertz CT molecular complexity index is 1550. The van der Waals surface area contributed by atoms with Gasteiger partial charge >= 0.3 is 0 Å². The highest BCUT2D eigenvalue weighted by molar-refractivity contribution is 7.91. The van der Waals surface area contributed by atoms with Crippen LogP contribution in [0, 0.1) is 13.8 Å². The SMILES string of the molecule is COc1cccc(OC)c1-n1c(CS(=O)(=O)[C@H](C)[C@H](OC(C)C)c2ncc(C)cn2)nnc1-c1cccc(C)n1. The predicted molar refractivity (Wildman–Crippen MR) is 150 cm³/mol. The highest BCUT2D eigenvalue weighted by Crippen LogP contribution is 2.37. The second-order valence-electron chi connectivity index (χ2n) is 9.69. The fourth-order valence-electron chi connectivity index (χ4n) is 4.25. The molecule has 0 radical (unpaired) electrons. The standard InChI is InChI=1S/C28H34N6O5S/c1-17(2)39-26(27-29-14-18(3)15-30-27)20(5)40(35,36)16-24-32-33-28(21-11-8-10-19(4)31-21)34(24)25-22(37-6)12-9-13-23(25)38-7/h8-15,17,20,26H,16H2,1-7H3/t20-,26+/m1/s1. The molecule has 0 unspecified atom stereocenters. The number of hydrogen-bond donors (Lipinski definition) is 0. The molecule has 1 aromatic carbocycles. The second-order valence-corrected chi connectivity index (χ2v) is 12.0. The topological polar surface area (TPSA) is 131 Å². The third-order valence-corrected chi connectivity index (χ3v) is 8.31. The van der Waals surface area contributed by atoms with Gasteiger partial charge in [-0.2, -0.15) is 0 Å². The highest BCUT2D eigenvalue weighted by atomic mass is 32.2. The number of methoxy groups -OCH3 is 2. The van der Waals surface area contributed by atoms with Gasteiger partial charge in [-0.15, -0.1) is 10.2 Å². The first-order valence-corrected chi connectivity index (χ1v) is 14.5. The molecule has 4 rings (SSSR count). The summed E-state index contributed by atoms with van der Waals surface area (Å²) >= 11 is 0. The molecule has 0 N–H and O–H groups in total. The molecule has 12 heteroatoms. The molecule has 0 spiro atoms. The molecule has 212 valence electrons. The summed E-state index contributed by atoms with van der Waals surface area (Å²) in [5, 5.41) is 7.71. The van der Waals surface area contributed by atoms with Gasteiger partial charge in [0.2, 0.25) is 0 Å². The van der Waals surface area contributed by atoms with E-state index in [9.17, 15) is 8.42 Å². The van der Waals surface area contributed by atoms with Gasteiger partial charge in [0.1, 0.15) is 34.7 Å². The van der Waals surface area contributed by atoms with E-state index in [4.69, 9.17) is 14.2 Å². The summed E-state index contributed by atoms with van der Waals surface area (Å²) in [6.45, 7) is 9.00. The van der Waals surface area contributed by atoms with E-state index in [0.717, 1.165) is 11.3 Å². The molecular weight excluding hydrogens is 532 g/mol. The van der Waals surface area contributed by atoms with E-state index in [-0.39, 0.29) is 11.9 Å². The number of rotatable bonds is 11. The smallest absolute Gasteiger partial charge is 0.187 e. The quantitative estimate of drug-likeness (QED) is 0.260. The van der Waals surface area contributed by atoms with Crippen molar-refractivity contribution in [1.82, 2.24) is 29.7 Å². The van der Waals surface area contributed by atoms with Crippen molar-refractivity contribution in [3.63, 3.8) is 0 Å². The van der Waals surface area contributed by atoms with Crippen molar-refractivity contribution in [1.29, 1.82) is 0 Å². The zero-order valence-corrected chi connectivity index (χ0v) is 24.5. The second kappa shape index (κ2) is 12.1. The molecule has 4 aromatic rings. The van der Waals surface area contributed by atoms with Gasteiger partial charge in [-0.3, -0.25) is 4.57 Å². The van der Waals surface area contributed by atoms with Crippen molar-refractivity contribution in [2.24, 2.45) is 0 Å². The van der Waals surface area contributed by atoms with Crippen LogP contribution in [0.5, 0.6) is 11.5 Å². The van der Waals surface area contributed by atoms with Crippen LogP contribution in [0.25, 0.3) is 17.2 Å². The molecule has 0 bridgehead atoms. The van der Waals surface area contributed by atoms with E-state index in [2.05, 4.69) is 25.1 Å². The average Bonchev–Trinajstić information content (AvgIpc) is 3.33. The first-order valence-electron chi connectivity index (χ1n) is 12.8. The first kappa shape index (κ1) is 29.1. The maximum absolute atomic E-state index is 14.0. The van der Waals surface area contributed by atoms with Crippen LogP contribution in [-0.2, 0) is 20.3 Å². The van der Waals surface area contributed by atoms with Gasteiger partial charge in [0.25, 0.3) is 0 Å². The molecule has 2 atom stereocenters. The minimum absolute atomic E-state index is 0.168. The Morgan fingerprint density at radius 3 is 2.10 bits per heavy atom. The molecule has 0 saturated carbocycles. The van der Waals surface area contributed by atoms with Crippen molar-refractivity contribution in [2.45, 2.75) is 57.8 Å². The number of aromatic nitrogens is 6. The van der Waals surface area contributed by atoms with Crippen LogP contribution in [0.2, 0.25) is 0 Å². The van der Waals surface area contributed by atoms with E-state index in [1.807, 2.05) is 39.8 Å². The largest absolute Gasteiger partial charge is 0.494 e. The molecule has 40 heavy (non-hydrogen) atoms. The van der Waals surface area contributed by atoms with E-state index in [1.54, 1.807) is 48.1 Å². The van der Waals surface area contributed by atoms with Gasteiger partial charge in [0, 0.05) is 18.1 Å². The summed E-state index contributed by atoms with van der Waals surface area (Å²) in [6.07, 6.45) is 2.14. The fourth-order valence-corrected chi connectivity index (χ4v) is 5.63. The minimum atomic E-state index is -3.89. The highest BCUT2D eigenvalue weighted by Gasteiger charge is 2.36. The Hall–Kier alpha value is -3.90. The summed E-state index contributed by atoms with van der Waals surface area (Å²) in [5.74, 6) is 1.27. The van der Waals surface area contributed by atoms with E-state index >= 15 is 0 Å². The summed E-state index contributed by atoms with van der Waals surface area (Å²) in [4.78, 5) is 13.3. The molecule has 0 saturated heterocycles. The number of aryl methyl sites for hydroxylation is 2. The van der Waals surface area contributed by atoms with Gasteiger partial charge in [-0.1, -0.05) is 12.1 Å². The molecule has 0 amide bonds. The Balaban J connectivity index is 1.85. The normalized spacial score (nSPS) is 13.3. The lowest BCUT2D eigenvalue weighted by atomic mass is 10.2. The van der Waals surface area contributed by atoms with Crippen LogP contribution in [0.15, 0.2) is 48.8 Å². The third-order valence-electron chi connectivity index (χ3n) is 6.27. The Morgan fingerprint density at radius 1 is 0.900 bits per heavy atom. The Morgan fingerprint density at radius 2 is 1.52 bits per heavy atom. The first-order chi connectivity index (χ1) is 19.1. The van der Waals surface area contributed by atoms with Crippen LogP contribution >= 0.6 is 0 Å². The molecule has 0 aliphatic heterocycles. The molecule has 0 aliphatic rings. The van der Waals surface area contributed by atoms with Gasteiger partial charge in [0.05, 0.1) is 25.6 Å². The Labute approximate surface area is 234 Å². The van der Waals surface area contributed by atoms with Crippen LogP contribution < -0.4 is 9.47 Å². The Kier molecular flexibility index (Phi) is 8.79. The van der Waals surface area contributed by atoms with Crippen LogP contribution in [-0.4, -0.2) is 63.7 Å². The van der Waals surface area contributed by atoms with Crippen LogP contribution in [0.1, 0.15) is 49.8 Å². The zero-order valence-electron chi connectivity index (χ0n) is 23.7. The molecule has 3 aromatic heterocycles. The van der Waals surface area contributed by atoms with Gasteiger partial charge in [-0.05, 0) is 64.4 Å². The van der Waals surface area contributed by atoms with E-state index < -0.39 is 26.9 Å². The maximum atomic E-state index is 14.0. The van der Waals surface area contributed by atoms with E-state index in [1.165, 1.54) is 14.2 Å². The molecule has 0 aliphatic carbocycles. The third kappa shape index (κ3) is 6.13. The number of nitrogens with zero attached hydrogens (tertiary/aromatic N) is 6. The van der Waals surface area contributed by atoms with Crippen molar-refractivity contribution >= 4 is 9.84 Å². The molecule has 0 fully saturated rings. The number of pyridine rings is 1. The van der Waals surface area contributed by atoms with Crippen LogP contribution in [0.3, 0.4) is 0 Å². The summed E-state index contributed by atoms with van der Waals surface area (Å²) in [6, 6.07) is 10.8. The van der Waals surface area contributed by atoms with E-state index in [0.29, 0.717) is 34.5 Å². The van der Waals surface area contributed by atoms with Gasteiger partial charge < -0.3 is 14.2 Å². The fraction of sp³-hybridized carbons (Fsp3) is 0.393. The number of ether oxygens (including phenoxy) is 3. The summed E-state index contributed by atoms with van der Waals surface area (Å²) in [7, 11) is -0.836. The van der Waals surface area contributed by atoms with Crippen molar-refractivity contribution in [3.05, 3.63) is 71.7 Å². The monoisotopic (exact) mass is 566 g/mol. The minimum Gasteiger partial charge on any atom is -0.494 e. The van der Waals surface area contributed by atoms with Gasteiger partial charge in [-0.25, -0.2) is 23.4 Å². The van der Waals surface area contributed by atoms with Crippen molar-refractivity contribution < 1.29 is 22.6 Å². The maximum Gasteiger partial charge on any atom is 0.187 e. The van der Waals surface area contributed by atoms with Crippen LogP contribution in [0.4, 0.5) is 0 Å². The predicted octanol–water partition coefficient (Wildman–Crippen LogP) is 4.22. The molecule has 11 nitrogen and oxygen atoms in total. The van der Waals surface area contributed by atoms with Gasteiger partial charge in [0.15, 0.2) is 27.3 Å². The summed E-state index contributed by atoms with van der Waals surface area (Å²) < 4.78 is 46.9. The number of hydrogen-bond acceptors (Lipinski definition) is 10. The zero-order chi connectivity index (χ0) is 29.0. The molecular formula is C28H34N6O5S. The lowest BCUT2D eigenvalue weighted by Crippen LogP contribution is -2.32. The lowest BCUT2D eigenvalue weighted by Gasteiger charge is -2.25. The molecule has 3 heterocycles. The summed E-state index contributed by atoms with van der Waals surface area (Å²) in [5.41, 5.74) is 2.61. The average molecular weight is 567 g/mol. The lowest BCUT2D eigenvalue weighted by molar-refractivity contribution is 0.00141. The number of para-hydroxylation sites is 1. The number of sulfone groups is 1. The number of benzene rings is 1. The van der Waals surface area contributed by atoms with Crippen molar-refractivity contribution in [2.75, 3.05) is 14.2 Å². The van der Waals surface area contributed by atoms with Crippen molar-refractivity contribution in [3.8, 4) is 28.7 Å².